The molecule has 114 valence electrons. The van der Waals surface area contributed by atoms with Crippen molar-refractivity contribution in [2.24, 2.45) is 0 Å². The maximum absolute atomic E-state index is 12.2. The number of fused-ring (bicyclic) bond motifs is 1. The summed E-state index contributed by atoms with van der Waals surface area (Å²) >= 11 is 0. The summed E-state index contributed by atoms with van der Waals surface area (Å²) in [6.07, 6.45) is 1.73. The van der Waals surface area contributed by atoms with Crippen molar-refractivity contribution in [2.45, 2.75) is 17.4 Å². The predicted molar refractivity (Wildman–Crippen MR) is 80.4 cm³/mol. The highest BCUT2D eigenvalue weighted by molar-refractivity contribution is 7.91. The standard InChI is InChI=1S/C15H14N2O4S/c18-14-11(5-3-8-16-14)15(19)17-12-7-9-22(20,21)13-6-2-1-4-10(12)13/h1-6,8,12H,7,9H2,(H,16,18)(H,17,19)/t12-/m0/s1. The Balaban J connectivity index is 1.93. The van der Waals surface area contributed by atoms with Crippen LogP contribution in [-0.4, -0.2) is 25.1 Å². The van der Waals surface area contributed by atoms with E-state index in [0.29, 0.717) is 5.56 Å². The van der Waals surface area contributed by atoms with Gasteiger partial charge in [-0.05, 0) is 30.2 Å². The lowest BCUT2D eigenvalue weighted by Crippen LogP contribution is -2.36. The van der Waals surface area contributed by atoms with Crippen LogP contribution in [0.5, 0.6) is 0 Å². The first-order valence-electron chi connectivity index (χ1n) is 6.79. The second-order valence-corrected chi connectivity index (χ2v) is 7.16. The maximum atomic E-state index is 12.2. The molecule has 2 aromatic rings. The van der Waals surface area contributed by atoms with Crippen molar-refractivity contribution in [1.82, 2.24) is 10.3 Å². The number of nitrogens with one attached hydrogen (secondary N) is 2. The lowest BCUT2D eigenvalue weighted by molar-refractivity contribution is 0.0933. The Kier molecular flexibility index (Phi) is 3.58. The van der Waals surface area contributed by atoms with Gasteiger partial charge in [0.1, 0.15) is 5.56 Å². The fraction of sp³-hybridized carbons (Fsp3) is 0.200. The van der Waals surface area contributed by atoms with E-state index >= 15 is 0 Å². The molecule has 1 amide bonds. The topological polar surface area (TPSA) is 96.1 Å². The Morgan fingerprint density at radius 2 is 1.95 bits per heavy atom. The molecule has 0 saturated heterocycles. The second kappa shape index (κ2) is 5.42. The number of rotatable bonds is 2. The van der Waals surface area contributed by atoms with E-state index in [1.165, 1.54) is 18.3 Å². The maximum Gasteiger partial charge on any atom is 0.260 e. The molecular weight excluding hydrogens is 304 g/mol. The molecule has 7 heteroatoms. The number of hydrogen-bond acceptors (Lipinski definition) is 4. The summed E-state index contributed by atoms with van der Waals surface area (Å²) in [6.45, 7) is 0. The number of H-pyrrole nitrogens is 1. The van der Waals surface area contributed by atoms with Gasteiger partial charge in [0, 0.05) is 6.20 Å². The van der Waals surface area contributed by atoms with Gasteiger partial charge in [0.05, 0.1) is 16.7 Å². The van der Waals surface area contributed by atoms with Crippen molar-refractivity contribution in [1.29, 1.82) is 0 Å². The molecule has 0 bridgehead atoms. The van der Waals surface area contributed by atoms with Gasteiger partial charge in [-0.3, -0.25) is 9.59 Å². The van der Waals surface area contributed by atoms with Gasteiger partial charge in [0.15, 0.2) is 9.84 Å². The van der Waals surface area contributed by atoms with Gasteiger partial charge < -0.3 is 10.3 Å². The van der Waals surface area contributed by atoms with Crippen LogP contribution < -0.4 is 10.9 Å². The minimum Gasteiger partial charge on any atom is -0.345 e. The van der Waals surface area contributed by atoms with Gasteiger partial charge in [-0.15, -0.1) is 0 Å². The number of benzene rings is 1. The van der Waals surface area contributed by atoms with Crippen molar-refractivity contribution in [3.05, 3.63) is 64.1 Å². The predicted octanol–water partition coefficient (Wildman–Crippen LogP) is 1.02. The largest absolute Gasteiger partial charge is 0.345 e. The second-order valence-electron chi connectivity index (χ2n) is 5.08. The zero-order chi connectivity index (χ0) is 15.7. The summed E-state index contributed by atoms with van der Waals surface area (Å²) in [5, 5.41) is 2.75. The fourth-order valence-electron chi connectivity index (χ4n) is 2.58. The number of aromatic amines is 1. The van der Waals surface area contributed by atoms with E-state index in [1.807, 2.05) is 0 Å². The number of sulfone groups is 1. The quantitative estimate of drug-likeness (QED) is 0.864. The van der Waals surface area contributed by atoms with Gasteiger partial charge in [-0.2, -0.15) is 0 Å². The van der Waals surface area contributed by atoms with E-state index in [1.54, 1.807) is 24.3 Å². The van der Waals surface area contributed by atoms with Crippen LogP contribution >= 0.6 is 0 Å². The average Bonchev–Trinajstić information content (AvgIpc) is 2.51. The van der Waals surface area contributed by atoms with E-state index in [4.69, 9.17) is 0 Å². The summed E-state index contributed by atoms with van der Waals surface area (Å²) in [5.41, 5.74) is 0.0968. The van der Waals surface area contributed by atoms with Crippen LogP contribution in [0.1, 0.15) is 28.4 Å². The molecule has 1 aliphatic rings. The van der Waals surface area contributed by atoms with E-state index in [9.17, 15) is 18.0 Å². The molecule has 0 radical (unpaired) electrons. The van der Waals surface area contributed by atoms with Crippen LogP contribution in [0.4, 0.5) is 0 Å². The van der Waals surface area contributed by atoms with Crippen LogP contribution in [0.25, 0.3) is 0 Å². The Hall–Kier alpha value is -2.41. The number of amides is 1. The van der Waals surface area contributed by atoms with Crippen molar-refractivity contribution < 1.29 is 13.2 Å². The number of carbonyl (C=O) groups is 1. The number of aromatic nitrogens is 1. The monoisotopic (exact) mass is 318 g/mol. The molecule has 0 unspecified atom stereocenters. The molecule has 1 atom stereocenters. The molecule has 2 heterocycles. The van der Waals surface area contributed by atoms with Gasteiger partial charge >= 0.3 is 0 Å². The summed E-state index contributed by atoms with van der Waals surface area (Å²) in [4.78, 5) is 26.5. The molecule has 2 N–H and O–H groups in total. The molecule has 0 saturated carbocycles. The van der Waals surface area contributed by atoms with E-state index in [-0.39, 0.29) is 22.6 Å². The Bertz CT molecular complexity index is 886. The van der Waals surface area contributed by atoms with Gasteiger partial charge in [-0.1, -0.05) is 18.2 Å². The van der Waals surface area contributed by atoms with Crippen LogP contribution in [0.2, 0.25) is 0 Å². The summed E-state index contributed by atoms with van der Waals surface area (Å²) in [7, 11) is -3.30. The Labute approximate surface area is 127 Å². The highest BCUT2D eigenvalue weighted by atomic mass is 32.2. The summed E-state index contributed by atoms with van der Waals surface area (Å²) in [6, 6.07) is 9.18. The van der Waals surface area contributed by atoms with Crippen molar-refractivity contribution in [3.8, 4) is 0 Å². The third-order valence-electron chi connectivity index (χ3n) is 3.67. The third-order valence-corrected chi connectivity index (χ3v) is 5.49. The minimum absolute atomic E-state index is 0.00779. The van der Waals surface area contributed by atoms with Gasteiger partial charge in [0.25, 0.3) is 11.5 Å². The van der Waals surface area contributed by atoms with Crippen LogP contribution in [0, 0.1) is 0 Å². The van der Waals surface area contributed by atoms with E-state index < -0.39 is 27.3 Å². The lowest BCUT2D eigenvalue weighted by atomic mass is 10.0. The third kappa shape index (κ3) is 2.55. The Morgan fingerprint density at radius 1 is 1.18 bits per heavy atom. The average molecular weight is 318 g/mol. The SMILES string of the molecule is O=C(N[C@H]1CCS(=O)(=O)c2ccccc21)c1ccc[nH]c1=O. The highest BCUT2D eigenvalue weighted by Crippen LogP contribution is 2.31. The smallest absolute Gasteiger partial charge is 0.260 e. The molecule has 0 spiro atoms. The minimum atomic E-state index is -3.30. The highest BCUT2D eigenvalue weighted by Gasteiger charge is 2.31. The fourth-order valence-corrected chi connectivity index (χ4v) is 4.20. The first-order chi connectivity index (χ1) is 10.5. The molecule has 1 aliphatic heterocycles. The molecule has 0 fully saturated rings. The zero-order valence-electron chi connectivity index (χ0n) is 11.6. The molecule has 22 heavy (non-hydrogen) atoms. The molecule has 6 nitrogen and oxygen atoms in total. The zero-order valence-corrected chi connectivity index (χ0v) is 12.4. The summed E-state index contributed by atoms with van der Waals surface area (Å²) in [5.74, 6) is -0.541. The number of hydrogen-bond donors (Lipinski definition) is 2. The molecule has 0 aliphatic carbocycles. The lowest BCUT2D eigenvalue weighted by Gasteiger charge is -2.26. The molecule has 1 aromatic heterocycles. The number of carbonyl (C=O) groups excluding carboxylic acids is 1. The van der Waals surface area contributed by atoms with Crippen LogP contribution in [0.3, 0.4) is 0 Å². The first kappa shape index (κ1) is 14.5. The van der Waals surface area contributed by atoms with Crippen molar-refractivity contribution in [2.75, 3.05) is 5.75 Å². The summed E-state index contributed by atoms with van der Waals surface area (Å²) < 4.78 is 24.1. The van der Waals surface area contributed by atoms with Crippen LogP contribution in [-0.2, 0) is 9.84 Å². The normalized spacial score (nSPS) is 19.2. The first-order valence-corrected chi connectivity index (χ1v) is 8.44. The number of pyridine rings is 1. The van der Waals surface area contributed by atoms with Crippen molar-refractivity contribution >= 4 is 15.7 Å². The van der Waals surface area contributed by atoms with Gasteiger partial charge in [0.2, 0.25) is 0 Å². The molecule has 1 aromatic carbocycles. The van der Waals surface area contributed by atoms with Gasteiger partial charge in [-0.25, -0.2) is 8.42 Å². The van der Waals surface area contributed by atoms with E-state index in [2.05, 4.69) is 10.3 Å². The van der Waals surface area contributed by atoms with E-state index in [0.717, 1.165) is 0 Å². The van der Waals surface area contributed by atoms with Crippen molar-refractivity contribution in [3.63, 3.8) is 0 Å². The Morgan fingerprint density at radius 3 is 2.73 bits per heavy atom. The molecule has 3 rings (SSSR count). The van der Waals surface area contributed by atoms with Crippen LogP contribution in [0.15, 0.2) is 52.3 Å². The molecular formula is C15H14N2O4S.